The smallest absolute Gasteiger partial charge is 0.0552 e. The van der Waals surface area contributed by atoms with Crippen LogP contribution in [0.15, 0.2) is 24.3 Å². The Morgan fingerprint density at radius 1 is 1.18 bits per heavy atom. The van der Waals surface area contributed by atoms with E-state index in [-0.39, 0.29) is 11.5 Å². The normalized spacial score (nSPS) is 13.7. The van der Waals surface area contributed by atoms with E-state index >= 15 is 0 Å². The third-order valence-electron chi connectivity index (χ3n) is 3.26. The highest BCUT2D eigenvalue weighted by Crippen LogP contribution is 2.33. The predicted molar refractivity (Wildman–Crippen MR) is 75.4 cm³/mol. The van der Waals surface area contributed by atoms with E-state index in [2.05, 4.69) is 31.2 Å². The minimum atomic E-state index is -0.202. The molecular weight excluding hydrogens is 255 g/mol. The number of ether oxygens (including phenoxy) is 1. The Labute approximate surface area is 114 Å². The summed E-state index contributed by atoms with van der Waals surface area (Å²) in [5.74, 6) is 1.01. The van der Waals surface area contributed by atoms with E-state index in [0.717, 1.165) is 6.42 Å². The lowest BCUT2D eigenvalue weighted by Crippen LogP contribution is -2.34. The highest BCUT2D eigenvalue weighted by molar-refractivity contribution is 6.22. The van der Waals surface area contributed by atoms with E-state index in [0.29, 0.717) is 11.8 Å². The molecule has 1 unspecified atom stereocenters. The van der Waals surface area contributed by atoms with Gasteiger partial charge in [-0.05, 0) is 25.8 Å². The Balaban J connectivity index is 3.01. The van der Waals surface area contributed by atoms with Gasteiger partial charge in [-0.3, -0.25) is 0 Å². The van der Waals surface area contributed by atoms with Crippen molar-refractivity contribution >= 4 is 23.2 Å². The zero-order valence-corrected chi connectivity index (χ0v) is 12.2. The summed E-state index contributed by atoms with van der Waals surface area (Å²) in [4.78, 5) is 0. The molecule has 0 fully saturated rings. The number of aryl methyl sites for hydroxylation is 1. The minimum Gasteiger partial charge on any atom is -0.382 e. The molecule has 1 rings (SSSR count). The van der Waals surface area contributed by atoms with Gasteiger partial charge in [0.05, 0.1) is 6.10 Å². The van der Waals surface area contributed by atoms with E-state index < -0.39 is 0 Å². The monoisotopic (exact) mass is 274 g/mol. The van der Waals surface area contributed by atoms with Crippen LogP contribution in [0.4, 0.5) is 0 Å². The second kappa shape index (κ2) is 6.63. The summed E-state index contributed by atoms with van der Waals surface area (Å²) in [6, 6.07) is 8.42. The van der Waals surface area contributed by atoms with E-state index in [9.17, 15) is 0 Å². The van der Waals surface area contributed by atoms with Crippen LogP contribution in [0.5, 0.6) is 0 Å². The molecule has 0 aliphatic carbocycles. The summed E-state index contributed by atoms with van der Waals surface area (Å²) in [6.07, 6.45) is 0.980. The van der Waals surface area contributed by atoms with Gasteiger partial charge in [0.2, 0.25) is 0 Å². The lowest BCUT2D eigenvalue weighted by molar-refractivity contribution is 0.0938. The summed E-state index contributed by atoms with van der Waals surface area (Å²) in [5.41, 5.74) is 2.23. The van der Waals surface area contributed by atoms with Crippen LogP contribution in [0.3, 0.4) is 0 Å². The van der Waals surface area contributed by atoms with Crippen LogP contribution in [-0.2, 0) is 10.2 Å². The number of hydrogen-bond donors (Lipinski definition) is 0. The van der Waals surface area contributed by atoms with Crippen LogP contribution in [0.25, 0.3) is 0 Å². The lowest BCUT2D eigenvalue weighted by atomic mass is 9.79. The molecule has 0 saturated carbocycles. The predicted octanol–water partition coefficient (Wildman–Crippen LogP) is 4.14. The van der Waals surface area contributed by atoms with Crippen molar-refractivity contribution in [2.75, 3.05) is 18.9 Å². The van der Waals surface area contributed by atoms with Crippen molar-refractivity contribution in [1.82, 2.24) is 0 Å². The third-order valence-corrected chi connectivity index (χ3v) is 4.28. The Bertz CT molecular complexity index is 331. The first-order chi connectivity index (χ1) is 8.07. The molecule has 0 N–H and O–H groups in total. The molecule has 1 aromatic rings. The molecule has 0 saturated heterocycles. The molecule has 0 bridgehead atoms. The lowest BCUT2D eigenvalue weighted by Gasteiger charge is -2.32. The van der Waals surface area contributed by atoms with Gasteiger partial charge in [-0.2, -0.15) is 0 Å². The van der Waals surface area contributed by atoms with E-state index in [4.69, 9.17) is 27.9 Å². The van der Waals surface area contributed by atoms with Gasteiger partial charge in [0.1, 0.15) is 0 Å². The van der Waals surface area contributed by atoms with Crippen molar-refractivity contribution < 1.29 is 4.74 Å². The molecule has 3 heteroatoms. The molecule has 0 aliphatic rings. The number of hydrogen-bond acceptors (Lipinski definition) is 1. The number of methoxy groups -OCH3 is 1. The largest absolute Gasteiger partial charge is 0.382 e. The molecule has 17 heavy (non-hydrogen) atoms. The quantitative estimate of drug-likeness (QED) is 0.709. The number of halogens is 2. The van der Waals surface area contributed by atoms with Crippen molar-refractivity contribution in [1.29, 1.82) is 0 Å². The van der Waals surface area contributed by atoms with E-state index in [1.807, 2.05) is 6.92 Å². The van der Waals surface area contributed by atoms with Gasteiger partial charge in [0.25, 0.3) is 0 Å². The highest BCUT2D eigenvalue weighted by Gasteiger charge is 2.32. The maximum Gasteiger partial charge on any atom is 0.0552 e. The van der Waals surface area contributed by atoms with Crippen LogP contribution < -0.4 is 0 Å². The molecule has 0 amide bonds. The third kappa shape index (κ3) is 3.61. The molecule has 0 spiro atoms. The van der Waals surface area contributed by atoms with Crippen molar-refractivity contribution in [3.63, 3.8) is 0 Å². The summed E-state index contributed by atoms with van der Waals surface area (Å²) < 4.78 is 5.34. The van der Waals surface area contributed by atoms with Crippen LogP contribution in [0, 0.1) is 6.92 Å². The molecule has 0 heterocycles. The maximum atomic E-state index is 6.16. The number of benzene rings is 1. The van der Waals surface area contributed by atoms with Crippen molar-refractivity contribution in [2.24, 2.45) is 0 Å². The van der Waals surface area contributed by atoms with Gasteiger partial charge >= 0.3 is 0 Å². The van der Waals surface area contributed by atoms with Gasteiger partial charge in [0, 0.05) is 24.3 Å². The van der Waals surface area contributed by atoms with Crippen LogP contribution in [0.1, 0.15) is 24.5 Å². The summed E-state index contributed by atoms with van der Waals surface area (Å²) in [7, 11) is 1.72. The molecular formula is C14H20Cl2O. The topological polar surface area (TPSA) is 9.23 Å². The van der Waals surface area contributed by atoms with Crippen molar-refractivity contribution in [3.05, 3.63) is 35.4 Å². The first kappa shape index (κ1) is 14.8. The first-order valence-corrected chi connectivity index (χ1v) is 6.87. The first-order valence-electron chi connectivity index (χ1n) is 5.80. The fourth-order valence-corrected chi connectivity index (χ4v) is 2.77. The molecule has 0 radical (unpaired) electrons. The zero-order valence-electron chi connectivity index (χ0n) is 10.7. The molecule has 96 valence electrons. The van der Waals surface area contributed by atoms with E-state index in [1.165, 1.54) is 11.1 Å². The van der Waals surface area contributed by atoms with Crippen LogP contribution in [0.2, 0.25) is 0 Å². The SMILES string of the molecule is COC(C)CC(CCl)(CCl)c1ccc(C)cc1. The fourth-order valence-electron chi connectivity index (χ4n) is 1.96. The van der Waals surface area contributed by atoms with Gasteiger partial charge in [0.15, 0.2) is 0 Å². The Morgan fingerprint density at radius 2 is 1.71 bits per heavy atom. The summed E-state index contributed by atoms with van der Waals surface area (Å²) >= 11 is 12.3. The summed E-state index contributed by atoms with van der Waals surface area (Å²) in [5, 5.41) is 0. The molecule has 1 atom stereocenters. The molecule has 0 aliphatic heterocycles. The minimum absolute atomic E-state index is 0.147. The number of alkyl halides is 2. The van der Waals surface area contributed by atoms with Crippen molar-refractivity contribution in [3.8, 4) is 0 Å². The standard InChI is InChI=1S/C14H20Cl2O/c1-11-4-6-13(7-5-11)14(9-15,10-16)8-12(2)17-3/h4-7,12H,8-10H2,1-3H3. The number of rotatable bonds is 6. The van der Waals surface area contributed by atoms with Gasteiger partial charge in [-0.15, -0.1) is 23.2 Å². The molecule has 1 nitrogen and oxygen atoms in total. The second-order valence-electron chi connectivity index (χ2n) is 4.66. The summed E-state index contributed by atoms with van der Waals surface area (Å²) in [6.45, 7) is 4.12. The van der Waals surface area contributed by atoms with Gasteiger partial charge in [-0.1, -0.05) is 29.8 Å². The molecule has 0 aromatic heterocycles. The average molecular weight is 275 g/mol. The van der Waals surface area contributed by atoms with Gasteiger partial charge < -0.3 is 4.74 Å². The van der Waals surface area contributed by atoms with Crippen LogP contribution in [-0.4, -0.2) is 25.0 Å². The highest BCUT2D eigenvalue weighted by atomic mass is 35.5. The average Bonchev–Trinajstić information content (AvgIpc) is 2.37. The zero-order chi connectivity index (χ0) is 12.9. The van der Waals surface area contributed by atoms with Gasteiger partial charge in [-0.25, -0.2) is 0 Å². The Morgan fingerprint density at radius 3 is 2.12 bits per heavy atom. The maximum absolute atomic E-state index is 6.16. The van der Waals surface area contributed by atoms with Crippen LogP contribution >= 0.6 is 23.2 Å². The Kier molecular flexibility index (Phi) is 5.78. The fraction of sp³-hybridized carbons (Fsp3) is 0.571. The molecule has 1 aromatic carbocycles. The Hall–Kier alpha value is -0.240. The van der Waals surface area contributed by atoms with Crippen molar-refractivity contribution in [2.45, 2.75) is 31.8 Å². The van der Waals surface area contributed by atoms with E-state index in [1.54, 1.807) is 7.11 Å². The second-order valence-corrected chi connectivity index (χ2v) is 5.20.